The summed E-state index contributed by atoms with van der Waals surface area (Å²) >= 11 is 0. The first-order chi connectivity index (χ1) is 9.54. The van der Waals surface area contributed by atoms with E-state index in [-0.39, 0.29) is 12.6 Å². The molecule has 0 aromatic heterocycles. The SMILES string of the molecule is CCCCCCOC(=O)C(C)(C)COCCOCCO. The highest BCUT2D eigenvalue weighted by atomic mass is 16.5. The molecule has 0 unspecified atom stereocenters. The van der Waals surface area contributed by atoms with Gasteiger partial charge in [-0.05, 0) is 20.3 Å². The Morgan fingerprint density at radius 3 is 2.35 bits per heavy atom. The Bertz CT molecular complexity index is 240. The second kappa shape index (κ2) is 12.1. The molecule has 1 N–H and O–H groups in total. The van der Waals surface area contributed by atoms with E-state index in [9.17, 15) is 4.79 Å². The molecule has 0 saturated carbocycles. The van der Waals surface area contributed by atoms with Crippen molar-refractivity contribution in [3.8, 4) is 0 Å². The van der Waals surface area contributed by atoms with Crippen LogP contribution < -0.4 is 0 Å². The van der Waals surface area contributed by atoms with Crippen molar-refractivity contribution in [3.05, 3.63) is 0 Å². The standard InChI is InChI=1S/C15H30O5/c1-4-5-6-7-9-20-14(17)15(2,3)13-19-12-11-18-10-8-16/h16H,4-13H2,1-3H3. The Hall–Kier alpha value is -0.650. The maximum absolute atomic E-state index is 11.9. The topological polar surface area (TPSA) is 65.0 Å². The second-order valence-corrected chi connectivity index (χ2v) is 5.47. The van der Waals surface area contributed by atoms with Gasteiger partial charge in [-0.2, -0.15) is 0 Å². The van der Waals surface area contributed by atoms with Gasteiger partial charge in [0.25, 0.3) is 0 Å². The molecule has 0 rings (SSSR count). The monoisotopic (exact) mass is 290 g/mol. The lowest BCUT2D eigenvalue weighted by molar-refractivity contribution is -0.157. The molecule has 0 heterocycles. The summed E-state index contributed by atoms with van der Waals surface area (Å²) in [7, 11) is 0. The lowest BCUT2D eigenvalue weighted by atomic mass is 9.95. The Labute approximate surface area is 122 Å². The number of esters is 1. The number of hydrogen-bond donors (Lipinski definition) is 1. The van der Waals surface area contributed by atoms with Gasteiger partial charge in [-0.25, -0.2) is 0 Å². The van der Waals surface area contributed by atoms with E-state index in [1.165, 1.54) is 12.8 Å². The molecule has 0 spiro atoms. The summed E-state index contributed by atoms with van der Waals surface area (Å²) in [6, 6.07) is 0. The first-order valence-corrected chi connectivity index (χ1v) is 7.48. The van der Waals surface area contributed by atoms with Crippen LogP contribution in [0.25, 0.3) is 0 Å². The molecule has 5 heteroatoms. The molecule has 20 heavy (non-hydrogen) atoms. The summed E-state index contributed by atoms with van der Waals surface area (Å²) in [5.41, 5.74) is -0.637. The summed E-state index contributed by atoms with van der Waals surface area (Å²) in [5, 5.41) is 8.53. The van der Waals surface area contributed by atoms with Gasteiger partial charge in [0.1, 0.15) is 0 Å². The van der Waals surface area contributed by atoms with Crippen molar-refractivity contribution >= 4 is 5.97 Å². The lowest BCUT2D eigenvalue weighted by Gasteiger charge is -2.22. The van der Waals surface area contributed by atoms with Gasteiger partial charge in [0.15, 0.2) is 0 Å². The molecular formula is C15H30O5. The molecule has 0 fully saturated rings. The number of ether oxygens (including phenoxy) is 3. The number of aliphatic hydroxyl groups is 1. The van der Waals surface area contributed by atoms with Crippen molar-refractivity contribution in [1.82, 2.24) is 0 Å². The van der Waals surface area contributed by atoms with Crippen LogP contribution in [0.15, 0.2) is 0 Å². The third kappa shape index (κ3) is 10.2. The van der Waals surface area contributed by atoms with Gasteiger partial charge in [0, 0.05) is 0 Å². The van der Waals surface area contributed by atoms with Crippen molar-refractivity contribution < 1.29 is 24.1 Å². The van der Waals surface area contributed by atoms with E-state index < -0.39 is 5.41 Å². The highest BCUT2D eigenvalue weighted by Gasteiger charge is 2.29. The van der Waals surface area contributed by atoms with E-state index in [0.29, 0.717) is 33.0 Å². The molecule has 0 aliphatic rings. The highest BCUT2D eigenvalue weighted by molar-refractivity contribution is 5.76. The van der Waals surface area contributed by atoms with Gasteiger partial charge in [-0.1, -0.05) is 26.2 Å². The van der Waals surface area contributed by atoms with Crippen molar-refractivity contribution in [2.45, 2.75) is 46.5 Å². The Morgan fingerprint density at radius 2 is 1.70 bits per heavy atom. The van der Waals surface area contributed by atoms with Crippen LogP contribution in [0, 0.1) is 5.41 Å². The third-order valence-corrected chi connectivity index (χ3v) is 2.85. The number of carbonyl (C=O) groups excluding carboxylic acids is 1. The predicted molar refractivity (Wildman–Crippen MR) is 77.6 cm³/mol. The van der Waals surface area contributed by atoms with Gasteiger partial charge >= 0.3 is 5.97 Å². The van der Waals surface area contributed by atoms with Gasteiger partial charge in [-0.15, -0.1) is 0 Å². The highest BCUT2D eigenvalue weighted by Crippen LogP contribution is 2.18. The first kappa shape index (κ1) is 19.4. The summed E-state index contributed by atoms with van der Waals surface area (Å²) in [6.45, 7) is 7.73. The van der Waals surface area contributed by atoms with Gasteiger partial charge in [-0.3, -0.25) is 4.79 Å². The van der Waals surface area contributed by atoms with Crippen LogP contribution in [0.4, 0.5) is 0 Å². The van der Waals surface area contributed by atoms with Crippen molar-refractivity contribution in [2.75, 3.05) is 39.6 Å². The maximum atomic E-state index is 11.9. The first-order valence-electron chi connectivity index (χ1n) is 7.48. The molecule has 0 saturated heterocycles. The molecular weight excluding hydrogens is 260 g/mol. The number of rotatable bonds is 13. The molecule has 0 aliphatic carbocycles. The fourth-order valence-corrected chi connectivity index (χ4v) is 1.56. The zero-order valence-electron chi connectivity index (χ0n) is 13.2. The van der Waals surface area contributed by atoms with Gasteiger partial charge in [0.2, 0.25) is 0 Å². The predicted octanol–water partition coefficient (Wildman–Crippen LogP) is 2.16. The van der Waals surface area contributed by atoms with E-state index in [2.05, 4.69) is 6.92 Å². The van der Waals surface area contributed by atoms with Crippen molar-refractivity contribution in [3.63, 3.8) is 0 Å². The molecule has 0 aliphatic heterocycles. The summed E-state index contributed by atoms with van der Waals surface area (Å²) in [6.07, 6.45) is 4.37. The quantitative estimate of drug-likeness (QED) is 0.416. The molecule has 0 radical (unpaired) electrons. The molecule has 0 aromatic rings. The molecule has 5 nitrogen and oxygen atoms in total. The number of hydrogen-bond acceptors (Lipinski definition) is 5. The van der Waals surface area contributed by atoms with Crippen LogP contribution in [0.5, 0.6) is 0 Å². The number of aliphatic hydroxyl groups excluding tert-OH is 1. The van der Waals surface area contributed by atoms with Gasteiger partial charge in [0.05, 0.1) is 45.1 Å². The van der Waals surface area contributed by atoms with Crippen LogP contribution in [0.2, 0.25) is 0 Å². The fourth-order valence-electron chi connectivity index (χ4n) is 1.56. The Kier molecular flexibility index (Phi) is 11.7. The minimum Gasteiger partial charge on any atom is -0.465 e. The van der Waals surface area contributed by atoms with E-state index in [1.807, 2.05) is 13.8 Å². The molecule has 0 amide bonds. The summed E-state index contributed by atoms with van der Waals surface area (Å²) in [5.74, 6) is -0.217. The van der Waals surface area contributed by atoms with E-state index in [4.69, 9.17) is 19.3 Å². The average molecular weight is 290 g/mol. The van der Waals surface area contributed by atoms with Gasteiger partial charge < -0.3 is 19.3 Å². The molecule has 0 bridgehead atoms. The van der Waals surface area contributed by atoms with Crippen LogP contribution >= 0.6 is 0 Å². The maximum Gasteiger partial charge on any atom is 0.313 e. The molecule has 120 valence electrons. The minimum absolute atomic E-state index is 0.00977. The molecule has 0 aromatic carbocycles. The Morgan fingerprint density at radius 1 is 1.00 bits per heavy atom. The average Bonchev–Trinajstić information content (AvgIpc) is 2.42. The lowest BCUT2D eigenvalue weighted by Crippen LogP contribution is -2.32. The van der Waals surface area contributed by atoms with E-state index in [0.717, 1.165) is 12.8 Å². The van der Waals surface area contributed by atoms with Crippen LogP contribution in [-0.4, -0.2) is 50.7 Å². The number of carbonyl (C=O) groups is 1. The van der Waals surface area contributed by atoms with Crippen LogP contribution in [-0.2, 0) is 19.0 Å². The minimum atomic E-state index is -0.637. The van der Waals surface area contributed by atoms with Crippen molar-refractivity contribution in [1.29, 1.82) is 0 Å². The normalized spacial score (nSPS) is 11.6. The number of unbranched alkanes of at least 4 members (excludes halogenated alkanes) is 3. The third-order valence-electron chi connectivity index (χ3n) is 2.85. The van der Waals surface area contributed by atoms with E-state index >= 15 is 0 Å². The fraction of sp³-hybridized carbons (Fsp3) is 0.933. The van der Waals surface area contributed by atoms with Crippen molar-refractivity contribution in [2.24, 2.45) is 5.41 Å². The zero-order valence-corrected chi connectivity index (χ0v) is 13.2. The summed E-state index contributed by atoms with van der Waals surface area (Å²) in [4.78, 5) is 11.9. The van der Waals surface area contributed by atoms with Crippen LogP contribution in [0.3, 0.4) is 0 Å². The molecule has 0 atom stereocenters. The van der Waals surface area contributed by atoms with Crippen LogP contribution in [0.1, 0.15) is 46.5 Å². The largest absolute Gasteiger partial charge is 0.465 e. The zero-order chi connectivity index (χ0) is 15.3. The Balaban J connectivity index is 3.66. The summed E-state index contributed by atoms with van der Waals surface area (Å²) < 4.78 is 15.7. The smallest absolute Gasteiger partial charge is 0.313 e. The van der Waals surface area contributed by atoms with E-state index in [1.54, 1.807) is 0 Å². The second-order valence-electron chi connectivity index (χ2n) is 5.47.